The van der Waals surface area contributed by atoms with E-state index >= 15 is 0 Å². The molecule has 1 fully saturated rings. The summed E-state index contributed by atoms with van der Waals surface area (Å²) in [5.41, 5.74) is 1.34. The largest absolute Gasteiger partial charge is 0.478 e. The number of aryl methyl sites for hydroxylation is 2. The normalized spacial score (nSPS) is 17.6. The monoisotopic (exact) mass is 422 g/mol. The first-order valence-corrected chi connectivity index (χ1v) is 10.7. The molecular weight excluding hydrogens is 388 g/mol. The number of carbonyl (C=O) groups is 2. The van der Waals surface area contributed by atoms with E-state index in [2.05, 4.69) is 32.7 Å². The van der Waals surface area contributed by atoms with Gasteiger partial charge < -0.3 is 24.7 Å². The Morgan fingerprint density at radius 2 is 1.80 bits per heavy atom. The zero-order valence-corrected chi connectivity index (χ0v) is 17.8. The van der Waals surface area contributed by atoms with Crippen LogP contribution >= 0.6 is 0 Å². The molecular formula is C21H34N4O5. The molecule has 0 saturated carbocycles. The van der Waals surface area contributed by atoms with Crippen LogP contribution in [0, 0.1) is 0 Å². The van der Waals surface area contributed by atoms with Gasteiger partial charge in [0.1, 0.15) is 0 Å². The van der Waals surface area contributed by atoms with Crippen molar-refractivity contribution in [3.8, 4) is 5.88 Å². The third kappa shape index (κ3) is 9.41. The van der Waals surface area contributed by atoms with Gasteiger partial charge in [-0.15, -0.1) is 5.10 Å². The van der Waals surface area contributed by atoms with Gasteiger partial charge in [0, 0.05) is 43.5 Å². The highest BCUT2D eigenvalue weighted by Crippen LogP contribution is 2.19. The molecule has 9 nitrogen and oxygen atoms in total. The Kier molecular flexibility index (Phi) is 10.4. The average Bonchev–Trinajstić information content (AvgIpc) is 3.01. The van der Waals surface area contributed by atoms with Gasteiger partial charge in [0.15, 0.2) is 0 Å². The van der Waals surface area contributed by atoms with Gasteiger partial charge in [0.2, 0.25) is 5.88 Å². The Balaban J connectivity index is 0.000000343. The van der Waals surface area contributed by atoms with Crippen LogP contribution in [0.3, 0.4) is 0 Å². The molecule has 3 heterocycles. The van der Waals surface area contributed by atoms with Crippen LogP contribution in [-0.2, 0) is 22.6 Å². The minimum Gasteiger partial charge on any atom is -0.478 e. The first-order valence-electron chi connectivity index (χ1n) is 10.7. The maximum atomic E-state index is 9.55. The molecule has 0 aromatic carbocycles. The number of nitrogens with zero attached hydrogens (tertiary/aromatic N) is 4. The fraction of sp³-hybridized carbons (Fsp3) is 0.667. The van der Waals surface area contributed by atoms with Crippen molar-refractivity contribution in [2.75, 3.05) is 46.4 Å². The van der Waals surface area contributed by atoms with Crippen molar-refractivity contribution in [3.05, 3.63) is 23.9 Å². The number of rotatable bonds is 8. The second kappa shape index (κ2) is 13.0. The lowest BCUT2D eigenvalue weighted by Gasteiger charge is -2.19. The predicted molar refractivity (Wildman–Crippen MR) is 113 cm³/mol. The number of carboxylic acid groups (broad SMARTS) is 2. The topological polar surface area (TPSA) is 108 Å². The van der Waals surface area contributed by atoms with Gasteiger partial charge in [-0.05, 0) is 65.2 Å². The number of fused-ring (bicyclic) bond motifs is 1. The van der Waals surface area contributed by atoms with Crippen molar-refractivity contribution in [2.45, 2.75) is 45.1 Å². The first-order chi connectivity index (χ1) is 14.4. The molecule has 2 aliphatic rings. The summed E-state index contributed by atoms with van der Waals surface area (Å²) in [5.74, 6) is -1.69. The minimum atomic E-state index is -1.26. The van der Waals surface area contributed by atoms with Crippen LogP contribution in [0.5, 0.6) is 5.88 Å². The third-order valence-electron chi connectivity index (χ3n) is 5.19. The van der Waals surface area contributed by atoms with Gasteiger partial charge in [-0.3, -0.25) is 4.68 Å². The standard InChI is InChI=1S/C17H30N4O.C4H4O4/c1-19-8-6-10-20(13-12-19)9-4-5-14-22-17-15-16-7-2-3-11-21(16)18-17;5-3(6)1-2-4(7)8/h15H,2-14H2,1H3;1-2H,(H,5,6)(H,7,8)/b;2-1-. The molecule has 1 saturated heterocycles. The highest BCUT2D eigenvalue weighted by molar-refractivity contribution is 5.89. The number of hydrogen-bond acceptors (Lipinski definition) is 6. The Morgan fingerprint density at radius 1 is 1.03 bits per heavy atom. The quantitative estimate of drug-likeness (QED) is 0.482. The van der Waals surface area contributed by atoms with Gasteiger partial charge in [-0.25, -0.2) is 9.59 Å². The first kappa shape index (κ1) is 23.9. The molecule has 0 spiro atoms. The Labute approximate surface area is 177 Å². The van der Waals surface area contributed by atoms with E-state index in [-0.39, 0.29) is 0 Å². The van der Waals surface area contributed by atoms with Crippen LogP contribution in [0.25, 0.3) is 0 Å². The molecule has 9 heteroatoms. The predicted octanol–water partition coefficient (Wildman–Crippen LogP) is 1.73. The number of hydrogen-bond donors (Lipinski definition) is 2. The molecule has 1 aromatic rings. The van der Waals surface area contributed by atoms with Crippen LogP contribution in [0.1, 0.15) is 37.8 Å². The van der Waals surface area contributed by atoms with Crippen molar-refractivity contribution in [3.63, 3.8) is 0 Å². The minimum absolute atomic E-state index is 0.558. The van der Waals surface area contributed by atoms with Crippen LogP contribution in [-0.4, -0.2) is 88.1 Å². The summed E-state index contributed by atoms with van der Waals surface area (Å²) in [6.07, 6.45) is 8.44. The van der Waals surface area contributed by atoms with Crippen molar-refractivity contribution < 1.29 is 24.5 Å². The van der Waals surface area contributed by atoms with E-state index in [1.165, 1.54) is 64.1 Å². The number of unbranched alkanes of at least 4 members (excludes halogenated alkanes) is 1. The second-order valence-corrected chi connectivity index (χ2v) is 7.72. The summed E-state index contributed by atoms with van der Waals surface area (Å²) < 4.78 is 7.95. The molecule has 0 unspecified atom stereocenters. The van der Waals surface area contributed by atoms with Crippen LogP contribution < -0.4 is 4.74 Å². The van der Waals surface area contributed by atoms with E-state index in [1.54, 1.807) is 0 Å². The van der Waals surface area contributed by atoms with E-state index in [0.29, 0.717) is 12.2 Å². The number of likely N-dealkylation sites (N-methyl/N-ethyl adjacent to an activating group) is 1. The van der Waals surface area contributed by atoms with E-state index in [1.807, 2.05) is 0 Å². The lowest BCUT2D eigenvalue weighted by Crippen LogP contribution is -2.29. The van der Waals surface area contributed by atoms with Crippen molar-refractivity contribution >= 4 is 11.9 Å². The highest BCUT2D eigenvalue weighted by Gasteiger charge is 2.13. The number of carboxylic acids is 2. The molecule has 0 bridgehead atoms. The molecule has 168 valence electrons. The molecule has 2 N–H and O–H groups in total. The van der Waals surface area contributed by atoms with Crippen LogP contribution in [0.15, 0.2) is 18.2 Å². The van der Waals surface area contributed by atoms with E-state index in [4.69, 9.17) is 14.9 Å². The van der Waals surface area contributed by atoms with Gasteiger partial charge in [-0.2, -0.15) is 0 Å². The van der Waals surface area contributed by atoms with Crippen LogP contribution in [0.2, 0.25) is 0 Å². The van der Waals surface area contributed by atoms with Gasteiger partial charge in [0.05, 0.1) is 6.61 Å². The summed E-state index contributed by atoms with van der Waals surface area (Å²) in [7, 11) is 2.22. The molecule has 3 rings (SSSR count). The van der Waals surface area contributed by atoms with Crippen LogP contribution in [0.4, 0.5) is 0 Å². The molecule has 0 amide bonds. The molecule has 1 aromatic heterocycles. The second-order valence-electron chi connectivity index (χ2n) is 7.72. The van der Waals surface area contributed by atoms with E-state index in [0.717, 1.165) is 31.9 Å². The Bertz CT molecular complexity index is 664. The maximum absolute atomic E-state index is 9.55. The fourth-order valence-corrected chi connectivity index (χ4v) is 3.54. The summed E-state index contributed by atoms with van der Waals surface area (Å²) in [5, 5.41) is 20.2. The Morgan fingerprint density at radius 3 is 2.50 bits per heavy atom. The highest BCUT2D eigenvalue weighted by atomic mass is 16.5. The summed E-state index contributed by atoms with van der Waals surface area (Å²) in [6, 6.07) is 2.13. The lowest BCUT2D eigenvalue weighted by atomic mass is 10.1. The molecule has 0 atom stereocenters. The lowest BCUT2D eigenvalue weighted by molar-refractivity contribution is -0.134. The summed E-state index contributed by atoms with van der Waals surface area (Å²) in [4.78, 5) is 24.1. The van der Waals surface area contributed by atoms with E-state index < -0.39 is 11.9 Å². The number of aromatic nitrogens is 2. The molecule has 2 aliphatic heterocycles. The zero-order chi connectivity index (χ0) is 21.8. The SMILES string of the molecule is CN1CCCN(CCCCOc2cc3n(n2)CCCC3)CC1.O=C(O)/C=C\C(=O)O. The molecule has 30 heavy (non-hydrogen) atoms. The summed E-state index contributed by atoms with van der Waals surface area (Å²) >= 11 is 0. The van der Waals surface area contributed by atoms with E-state index in [9.17, 15) is 9.59 Å². The van der Waals surface area contributed by atoms with Gasteiger partial charge >= 0.3 is 11.9 Å². The molecule has 0 aliphatic carbocycles. The van der Waals surface area contributed by atoms with Crippen molar-refractivity contribution in [1.29, 1.82) is 0 Å². The zero-order valence-electron chi connectivity index (χ0n) is 17.8. The smallest absolute Gasteiger partial charge is 0.328 e. The van der Waals surface area contributed by atoms with Crippen molar-refractivity contribution in [2.24, 2.45) is 0 Å². The maximum Gasteiger partial charge on any atom is 0.328 e. The molecule has 0 radical (unpaired) electrons. The number of ether oxygens (including phenoxy) is 1. The third-order valence-corrected chi connectivity index (χ3v) is 5.19. The van der Waals surface area contributed by atoms with Gasteiger partial charge in [-0.1, -0.05) is 0 Å². The Hall–Kier alpha value is -2.39. The van der Waals surface area contributed by atoms with Crippen molar-refractivity contribution in [1.82, 2.24) is 19.6 Å². The fourth-order valence-electron chi connectivity index (χ4n) is 3.54. The number of aliphatic carboxylic acids is 2. The van der Waals surface area contributed by atoms with Gasteiger partial charge in [0.25, 0.3) is 0 Å². The average molecular weight is 423 g/mol. The summed E-state index contributed by atoms with van der Waals surface area (Å²) in [6.45, 7) is 7.97.